The number of amides is 2. The summed E-state index contributed by atoms with van der Waals surface area (Å²) in [5.74, 6) is -1.43. The lowest BCUT2D eigenvalue weighted by Gasteiger charge is -2.21. The predicted molar refractivity (Wildman–Crippen MR) is 105 cm³/mol. The second-order valence-corrected chi connectivity index (χ2v) is 6.26. The van der Waals surface area contributed by atoms with Crippen LogP contribution in [0.5, 0.6) is 0 Å². The number of nitrogens with one attached hydrogen (secondary N) is 2. The Bertz CT molecular complexity index is 1040. The Morgan fingerprint density at radius 3 is 2.57 bits per heavy atom. The van der Waals surface area contributed by atoms with E-state index in [1.54, 1.807) is 6.92 Å². The van der Waals surface area contributed by atoms with E-state index in [2.05, 4.69) is 15.7 Å². The predicted octanol–water partition coefficient (Wildman–Crippen LogP) is 0.578. The largest absolute Gasteiger partial charge is 0.463 e. The monoisotopic (exact) mass is 412 g/mol. The number of carbonyl (C=O) groups excluding carboxylic acids is 3. The molecule has 0 saturated carbocycles. The van der Waals surface area contributed by atoms with Crippen molar-refractivity contribution in [2.45, 2.75) is 13.5 Å². The van der Waals surface area contributed by atoms with Crippen molar-refractivity contribution in [3.8, 4) is 0 Å². The zero-order valence-electron chi connectivity index (χ0n) is 16.2. The molecule has 3 rings (SSSR count). The van der Waals surface area contributed by atoms with Gasteiger partial charge in [0, 0.05) is 6.07 Å². The van der Waals surface area contributed by atoms with Gasteiger partial charge in [0.1, 0.15) is 6.61 Å². The first-order chi connectivity index (χ1) is 14.5. The van der Waals surface area contributed by atoms with Crippen molar-refractivity contribution in [1.82, 2.24) is 20.4 Å². The Hall–Kier alpha value is -3.95. The summed E-state index contributed by atoms with van der Waals surface area (Å²) in [5, 5.41) is 8.95. The summed E-state index contributed by atoms with van der Waals surface area (Å²) in [5.41, 5.74) is 0.686. The van der Waals surface area contributed by atoms with E-state index in [0.29, 0.717) is 0 Å². The van der Waals surface area contributed by atoms with Gasteiger partial charge in [0.25, 0.3) is 5.56 Å². The van der Waals surface area contributed by atoms with Gasteiger partial charge in [0.2, 0.25) is 0 Å². The van der Waals surface area contributed by atoms with Crippen LogP contribution in [0.25, 0.3) is 0 Å². The fraction of sp³-hybridized carbons (Fsp3) is 0.250. The standard InChI is InChI=1S/C20H20N4O6/c1-2-29-18(26)14-10-21-20(28)22-16(14)12-30-19(27)15-8-9-17(25)24(23-15)11-13-6-4-3-5-7-13/h3-9H,2,10-12H2,1H3,(H2,21,22,28). The zero-order valence-corrected chi connectivity index (χ0v) is 16.2. The highest BCUT2D eigenvalue weighted by Crippen LogP contribution is 2.10. The molecule has 30 heavy (non-hydrogen) atoms. The maximum absolute atomic E-state index is 12.4. The lowest BCUT2D eigenvalue weighted by Crippen LogP contribution is -2.45. The molecular formula is C20H20N4O6. The van der Waals surface area contributed by atoms with E-state index < -0.39 is 18.0 Å². The Labute approximate surface area is 171 Å². The molecule has 0 atom stereocenters. The van der Waals surface area contributed by atoms with Crippen molar-refractivity contribution < 1.29 is 23.9 Å². The van der Waals surface area contributed by atoms with Gasteiger partial charge in [-0.15, -0.1) is 0 Å². The fourth-order valence-electron chi connectivity index (χ4n) is 2.71. The lowest BCUT2D eigenvalue weighted by atomic mass is 10.2. The second-order valence-electron chi connectivity index (χ2n) is 6.26. The molecular weight excluding hydrogens is 392 g/mol. The molecule has 1 aromatic heterocycles. The maximum atomic E-state index is 12.4. The van der Waals surface area contributed by atoms with Gasteiger partial charge in [0.15, 0.2) is 5.69 Å². The summed E-state index contributed by atoms with van der Waals surface area (Å²) >= 11 is 0. The third kappa shape index (κ3) is 5.10. The number of nitrogens with zero attached hydrogens (tertiary/aromatic N) is 2. The van der Waals surface area contributed by atoms with Crippen LogP contribution in [0.2, 0.25) is 0 Å². The van der Waals surface area contributed by atoms with Gasteiger partial charge >= 0.3 is 18.0 Å². The summed E-state index contributed by atoms with van der Waals surface area (Å²) in [4.78, 5) is 48.1. The molecule has 2 aromatic rings. The summed E-state index contributed by atoms with van der Waals surface area (Å²) in [7, 11) is 0. The van der Waals surface area contributed by atoms with Crippen LogP contribution in [-0.4, -0.2) is 47.5 Å². The number of ether oxygens (including phenoxy) is 2. The Balaban J connectivity index is 1.74. The minimum Gasteiger partial charge on any atom is -0.463 e. The van der Waals surface area contributed by atoms with Crippen LogP contribution >= 0.6 is 0 Å². The number of carbonyl (C=O) groups is 3. The van der Waals surface area contributed by atoms with Crippen LogP contribution in [-0.2, 0) is 20.8 Å². The zero-order chi connectivity index (χ0) is 21.5. The molecule has 0 radical (unpaired) electrons. The van der Waals surface area contributed by atoms with Gasteiger partial charge in [0.05, 0.1) is 31.0 Å². The van der Waals surface area contributed by atoms with E-state index in [9.17, 15) is 19.2 Å². The number of hydrogen-bond donors (Lipinski definition) is 2. The number of aromatic nitrogens is 2. The van der Waals surface area contributed by atoms with Gasteiger partial charge in [-0.05, 0) is 18.6 Å². The molecule has 0 aliphatic carbocycles. The first-order valence-corrected chi connectivity index (χ1v) is 9.21. The Morgan fingerprint density at radius 1 is 1.07 bits per heavy atom. The van der Waals surface area contributed by atoms with Crippen molar-refractivity contribution >= 4 is 18.0 Å². The molecule has 0 spiro atoms. The molecule has 0 unspecified atom stereocenters. The quantitative estimate of drug-likeness (QED) is 0.637. The van der Waals surface area contributed by atoms with Crippen LogP contribution in [0, 0.1) is 0 Å². The molecule has 156 valence electrons. The van der Waals surface area contributed by atoms with Crippen molar-refractivity contribution in [3.05, 3.63) is 75.3 Å². The summed E-state index contributed by atoms with van der Waals surface area (Å²) in [6, 6.07) is 11.2. The molecule has 10 heteroatoms. The number of rotatable bonds is 7. The van der Waals surface area contributed by atoms with Crippen molar-refractivity contribution in [1.29, 1.82) is 0 Å². The van der Waals surface area contributed by atoms with Crippen molar-refractivity contribution in [2.75, 3.05) is 19.8 Å². The van der Waals surface area contributed by atoms with E-state index in [4.69, 9.17) is 9.47 Å². The van der Waals surface area contributed by atoms with E-state index >= 15 is 0 Å². The molecule has 0 bridgehead atoms. The van der Waals surface area contributed by atoms with E-state index in [0.717, 1.165) is 10.2 Å². The highest BCUT2D eigenvalue weighted by Gasteiger charge is 2.25. The molecule has 2 N–H and O–H groups in total. The normalized spacial score (nSPS) is 13.3. The highest BCUT2D eigenvalue weighted by atomic mass is 16.5. The lowest BCUT2D eigenvalue weighted by molar-refractivity contribution is -0.138. The van der Waals surface area contributed by atoms with Crippen LogP contribution in [0.4, 0.5) is 4.79 Å². The van der Waals surface area contributed by atoms with Gasteiger partial charge < -0.3 is 20.1 Å². The van der Waals surface area contributed by atoms with Crippen molar-refractivity contribution in [2.24, 2.45) is 0 Å². The number of hydrogen-bond acceptors (Lipinski definition) is 7. The molecule has 2 heterocycles. The van der Waals surface area contributed by atoms with Crippen LogP contribution in [0.1, 0.15) is 23.0 Å². The summed E-state index contributed by atoms with van der Waals surface area (Å²) < 4.78 is 11.3. The molecule has 0 saturated heterocycles. The highest BCUT2D eigenvalue weighted by molar-refractivity contribution is 5.94. The Kier molecular flexibility index (Phi) is 6.58. The fourth-order valence-corrected chi connectivity index (χ4v) is 2.71. The second kappa shape index (κ2) is 9.50. The average molecular weight is 412 g/mol. The number of urea groups is 1. The smallest absolute Gasteiger partial charge is 0.359 e. The van der Waals surface area contributed by atoms with E-state index in [-0.39, 0.29) is 48.8 Å². The average Bonchev–Trinajstić information content (AvgIpc) is 2.74. The van der Waals surface area contributed by atoms with Gasteiger partial charge in [-0.25, -0.2) is 19.1 Å². The number of esters is 2. The third-order valence-corrected chi connectivity index (χ3v) is 4.17. The first kappa shape index (κ1) is 20.8. The van der Waals surface area contributed by atoms with Crippen LogP contribution < -0.4 is 16.2 Å². The molecule has 10 nitrogen and oxygen atoms in total. The first-order valence-electron chi connectivity index (χ1n) is 9.21. The number of benzene rings is 1. The van der Waals surface area contributed by atoms with Gasteiger partial charge in [-0.1, -0.05) is 30.3 Å². The van der Waals surface area contributed by atoms with E-state index in [1.807, 2.05) is 30.3 Å². The SMILES string of the molecule is CCOC(=O)C1=C(COC(=O)c2ccc(=O)n(Cc3ccccc3)n2)NC(=O)NC1. The van der Waals surface area contributed by atoms with Crippen molar-refractivity contribution in [3.63, 3.8) is 0 Å². The molecule has 2 amide bonds. The molecule has 0 fully saturated rings. The Morgan fingerprint density at radius 2 is 1.83 bits per heavy atom. The van der Waals surface area contributed by atoms with E-state index in [1.165, 1.54) is 12.1 Å². The van der Waals surface area contributed by atoms with Crippen LogP contribution in [0.3, 0.4) is 0 Å². The van der Waals surface area contributed by atoms with Gasteiger partial charge in [-0.3, -0.25) is 4.79 Å². The minimum absolute atomic E-state index is 0.0439. The topological polar surface area (TPSA) is 129 Å². The molecule has 1 aliphatic rings. The summed E-state index contributed by atoms with van der Waals surface area (Å²) in [6.07, 6.45) is 0. The van der Waals surface area contributed by atoms with Gasteiger partial charge in [-0.2, -0.15) is 5.10 Å². The third-order valence-electron chi connectivity index (χ3n) is 4.17. The summed E-state index contributed by atoms with van der Waals surface area (Å²) in [6.45, 7) is 1.61. The molecule has 1 aromatic carbocycles. The maximum Gasteiger partial charge on any atom is 0.359 e. The molecule has 1 aliphatic heterocycles. The minimum atomic E-state index is -0.805. The van der Waals surface area contributed by atoms with Crippen LogP contribution in [0.15, 0.2) is 58.5 Å².